The van der Waals surface area contributed by atoms with Crippen LogP contribution in [0.15, 0.2) is 30.3 Å². The van der Waals surface area contributed by atoms with Crippen LogP contribution in [-0.2, 0) is 12.4 Å². The number of phenols is 2. The van der Waals surface area contributed by atoms with E-state index >= 15 is 0 Å². The first-order chi connectivity index (χ1) is 11.8. The molecule has 0 radical (unpaired) electrons. The molecular formula is C15H8F6O5. The Morgan fingerprint density at radius 2 is 1.35 bits per heavy atom. The van der Waals surface area contributed by atoms with Gasteiger partial charge in [-0.05, 0) is 24.3 Å². The molecule has 2 aromatic carbocycles. The van der Waals surface area contributed by atoms with Crippen LogP contribution in [-0.4, -0.2) is 21.3 Å². The second-order valence-corrected chi connectivity index (χ2v) is 4.95. The SMILES string of the molecule is O=C(O)c1ccc(Oc2cc(C(F)(F)F)c(O)c(C(F)(F)F)c2)cc1O. The van der Waals surface area contributed by atoms with E-state index in [-0.39, 0.29) is 12.1 Å². The fourth-order valence-electron chi connectivity index (χ4n) is 1.99. The van der Waals surface area contributed by atoms with Crippen LogP contribution in [0.25, 0.3) is 0 Å². The molecule has 5 nitrogen and oxygen atoms in total. The summed E-state index contributed by atoms with van der Waals surface area (Å²) in [5.74, 6) is -5.65. The molecule has 0 atom stereocenters. The minimum atomic E-state index is -5.29. The summed E-state index contributed by atoms with van der Waals surface area (Å²) in [5.41, 5.74) is -4.47. The van der Waals surface area contributed by atoms with E-state index in [1.54, 1.807) is 0 Å². The first-order valence-electron chi connectivity index (χ1n) is 6.56. The number of phenolic OH excluding ortho intramolecular Hbond substituents is 1. The second-order valence-electron chi connectivity index (χ2n) is 4.95. The van der Waals surface area contributed by atoms with E-state index < -0.39 is 58.0 Å². The highest BCUT2D eigenvalue weighted by Crippen LogP contribution is 2.46. The van der Waals surface area contributed by atoms with Crippen molar-refractivity contribution in [2.45, 2.75) is 12.4 Å². The third kappa shape index (κ3) is 3.92. The molecule has 0 bridgehead atoms. The summed E-state index contributed by atoms with van der Waals surface area (Å²) in [6, 6.07) is 2.77. The molecule has 11 heteroatoms. The zero-order valence-corrected chi connectivity index (χ0v) is 12.3. The highest BCUT2D eigenvalue weighted by molar-refractivity contribution is 5.90. The van der Waals surface area contributed by atoms with Crippen LogP contribution in [0.5, 0.6) is 23.0 Å². The van der Waals surface area contributed by atoms with Crippen molar-refractivity contribution < 1.29 is 51.2 Å². The fourth-order valence-corrected chi connectivity index (χ4v) is 1.99. The van der Waals surface area contributed by atoms with Crippen molar-refractivity contribution in [3.05, 3.63) is 47.0 Å². The molecular weight excluding hydrogens is 374 g/mol. The molecule has 0 aliphatic carbocycles. The number of benzene rings is 2. The maximum absolute atomic E-state index is 12.9. The van der Waals surface area contributed by atoms with Crippen LogP contribution in [0.4, 0.5) is 26.3 Å². The van der Waals surface area contributed by atoms with Crippen molar-refractivity contribution in [2.75, 3.05) is 0 Å². The number of alkyl halides is 6. The van der Waals surface area contributed by atoms with Crippen molar-refractivity contribution in [1.29, 1.82) is 0 Å². The Bertz CT molecular complexity index is 822. The summed E-state index contributed by atoms with van der Waals surface area (Å²) in [5, 5.41) is 27.5. The number of halogens is 6. The van der Waals surface area contributed by atoms with Crippen LogP contribution in [0, 0.1) is 0 Å². The maximum Gasteiger partial charge on any atom is 0.420 e. The highest BCUT2D eigenvalue weighted by atomic mass is 19.4. The lowest BCUT2D eigenvalue weighted by molar-refractivity contribution is -0.145. The molecule has 3 N–H and O–H groups in total. The van der Waals surface area contributed by atoms with Gasteiger partial charge in [-0.15, -0.1) is 0 Å². The number of hydrogen-bond donors (Lipinski definition) is 3. The van der Waals surface area contributed by atoms with E-state index in [9.17, 15) is 41.4 Å². The minimum absolute atomic E-state index is 0.146. The molecule has 0 aromatic heterocycles. The van der Waals surface area contributed by atoms with E-state index in [4.69, 9.17) is 9.84 Å². The predicted octanol–water partition coefficient (Wildman–Crippen LogP) is 4.63. The number of hydrogen-bond acceptors (Lipinski definition) is 4. The minimum Gasteiger partial charge on any atom is -0.507 e. The Morgan fingerprint density at radius 1 is 0.846 bits per heavy atom. The molecule has 140 valence electrons. The number of carbonyl (C=O) groups is 1. The molecule has 0 saturated heterocycles. The summed E-state index contributed by atoms with van der Waals surface area (Å²) >= 11 is 0. The smallest absolute Gasteiger partial charge is 0.420 e. The maximum atomic E-state index is 12.9. The molecule has 2 rings (SSSR count). The van der Waals surface area contributed by atoms with Gasteiger partial charge in [0.05, 0.1) is 0 Å². The van der Waals surface area contributed by atoms with Crippen LogP contribution >= 0.6 is 0 Å². The summed E-state index contributed by atoms with van der Waals surface area (Å²) in [4.78, 5) is 10.8. The van der Waals surface area contributed by atoms with Gasteiger partial charge in [-0.25, -0.2) is 4.79 Å². The van der Waals surface area contributed by atoms with E-state index in [2.05, 4.69) is 0 Å². The number of carboxylic acid groups (broad SMARTS) is 1. The first kappa shape index (κ1) is 19.2. The van der Waals surface area contributed by atoms with Gasteiger partial charge in [0.1, 0.15) is 39.7 Å². The molecule has 0 heterocycles. The second kappa shape index (κ2) is 6.32. The molecule has 26 heavy (non-hydrogen) atoms. The molecule has 0 spiro atoms. The highest BCUT2D eigenvalue weighted by Gasteiger charge is 2.42. The van der Waals surface area contributed by atoms with Crippen molar-refractivity contribution >= 4 is 5.97 Å². The average Bonchev–Trinajstić information content (AvgIpc) is 2.46. The van der Waals surface area contributed by atoms with E-state index in [1.807, 2.05) is 0 Å². The van der Waals surface area contributed by atoms with Gasteiger partial charge in [0.2, 0.25) is 0 Å². The summed E-state index contributed by atoms with van der Waals surface area (Å²) < 4.78 is 82.0. The van der Waals surface area contributed by atoms with Crippen molar-refractivity contribution in [3.8, 4) is 23.0 Å². The van der Waals surface area contributed by atoms with Gasteiger partial charge in [-0.3, -0.25) is 0 Å². The molecule has 2 aromatic rings. The Morgan fingerprint density at radius 3 is 1.73 bits per heavy atom. The summed E-state index contributed by atoms with van der Waals surface area (Å²) in [6.45, 7) is 0. The lowest BCUT2D eigenvalue weighted by Crippen LogP contribution is -2.12. The molecule has 0 fully saturated rings. The van der Waals surface area contributed by atoms with Gasteiger partial charge in [-0.2, -0.15) is 26.3 Å². The van der Waals surface area contributed by atoms with Crippen LogP contribution in [0.2, 0.25) is 0 Å². The van der Waals surface area contributed by atoms with Crippen LogP contribution < -0.4 is 4.74 Å². The van der Waals surface area contributed by atoms with E-state index in [0.717, 1.165) is 12.1 Å². The molecule has 0 aliphatic heterocycles. The Kier molecular flexibility index (Phi) is 4.67. The van der Waals surface area contributed by atoms with Gasteiger partial charge in [0, 0.05) is 6.07 Å². The van der Waals surface area contributed by atoms with Gasteiger partial charge >= 0.3 is 18.3 Å². The number of ether oxygens (including phenoxy) is 1. The number of aromatic hydroxyl groups is 2. The predicted molar refractivity (Wildman–Crippen MR) is 73.3 cm³/mol. The normalized spacial score (nSPS) is 12.1. The standard InChI is InChI=1S/C15H8F6O5/c16-14(17,18)9-3-7(4-10(12(9)23)15(19,20)21)26-6-1-2-8(13(24)25)11(22)5-6/h1-5,22-23H,(H,24,25). The Labute approximate surface area is 140 Å². The lowest BCUT2D eigenvalue weighted by Gasteiger charge is -2.17. The zero-order chi connectivity index (χ0) is 19.9. The largest absolute Gasteiger partial charge is 0.507 e. The number of rotatable bonds is 3. The van der Waals surface area contributed by atoms with Crippen LogP contribution in [0.3, 0.4) is 0 Å². The molecule has 0 unspecified atom stereocenters. The summed E-state index contributed by atoms with van der Waals surface area (Å²) in [6.07, 6.45) is -10.6. The van der Waals surface area contributed by atoms with Crippen LogP contribution in [0.1, 0.15) is 21.5 Å². The van der Waals surface area contributed by atoms with Gasteiger partial charge < -0.3 is 20.1 Å². The van der Waals surface area contributed by atoms with Gasteiger partial charge in [0.15, 0.2) is 0 Å². The average molecular weight is 382 g/mol. The van der Waals surface area contributed by atoms with Gasteiger partial charge in [-0.1, -0.05) is 0 Å². The van der Waals surface area contributed by atoms with Gasteiger partial charge in [0.25, 0.3) is 0 Å². The van der Waals surface area contributed by atoms with E-state index in [0.29, 0.717) is 6.07 Å². The van der Waals surface area contributed by atoms with E-state index in [1.165, 1.54) is 0 Å². The Balaban J connectivity index is 2.53. The van der Waals surface area contributed by atoms with Crippen molar-refractivity contribution in [3.63, 3.8) is 0 Å². The zero-order valence-electron chi connectivity index (χ0n) is 12.3. The molecule has 0 saturated carbocycles. The van der Waals surface area contributed by atoms with Crippen molar-refractivity contribution in [1.82, 2.24) is 0 Å². The van der Waals surface area contributed by atoms with Crippen molar-refractivity contribution in [2.24, 2.45) is 0 Å². The fraction of sp³-hybridized carbons (Fsp3) is 0.133. The number of carboxylic acids is 1. The molecule has 0 amide bonds. The monoisotopic (exact) mass is 382 g/mol. The summed E-state index contributed by atoms with van der Waals surface area (Å²) in [7, 11) is 0. The number of aromatic carboxylic acids is 1. The lowest BCUT2D eigenvalue weighted by atomic mass is 10.1. The Hall–Kier alpha value is -3.11. The third-order valence-corrected chi connectivity index (χ3v) is 3.13. The molecule has 0 aliphatic rings. The topological polar surface area (TPSA) is 87.0 Å². The third-order valence-electron chi connectivity index (χ3n) is 3.13. The first-order valence-corrected chi connectivity index (χ1v) is 6.56. The quantitative estimate of drug-likeness (QED) is 0.674.